The van der Waals surface area contributed by atoms with E-state index in [0.717, 1.165) is 5.56 Å². The summed E-state index contributed by atoms with van der Waals surface area (Å²) in [6, 6.07) is -0.521. The molecule has 19 heavy (non-hydrogen) atoms. The number of nitrogens with zero attached hydrogens (tertiary/aromatic N) is 2. The van der Waals surface area contributed by atoms with Gasteiger partial charge in [-0.1, -0.05) is 20.8 Å². The van der Waals surface area contributed by atoms with Crippen LogP contribution in [0.4, 0.5) is 11.6 Å². The van der Waals surface area contributed by atoms with Crippen molar-refractivity contribution in [3.63, 3.8) is 0 Å². The first kappa shape index (κ1) is 15.2. The molecule has 0 aliphatic rings. The summed E-state index contributed by atoms with van der Waals surface area (Å²) >= 11 is 0. The topological polar surface area (TPSA) is 119 Å². The standard InChI is InChI=1S/C12H22N6O/c1-6-9(15-7(2)8(13)19)16-11(12(3,4)5)17-10(6)18-14/h7H,14H2,1-5H3,(H2,13,19)(H2,15,16,17,18). The highest BCUT2D eigenvalue weighted by Crippen LogP contribution is 2.26. The summed E-state index contributed by atoms with van der Waals surface area (Å²) < 4.78 is 0. The van der Waals surface area contributed by atoms with Gasteiger partial charge < -0.3 is 16.5 Å². The molecule has 0 aliphatic carbocycles. The number of hydrogen-bond acceptors (Lipinski definition) is 6. The van der Waals surface area contributed by atoms with E-state index < -0.39 is 11.9 Å². The number of aromatic nitrogens is 2. The Hall–Kier alpha value is -1.89. The van der Waals surface area contributed by atoms with Gasteiger partial charge in [-0.3, -0.25) is 4.79 Å². The van der Waals surface area contributed by atoms with Gasteiger partial charge in [0.15, 0.2) is 0 Å². The predicted octanol–water partition coefficient (Wildman–Crippen LogP) is 0.654. The normalized spacial score (nSPS) is 12.9. The van der Waals surface area contributed by atoms with Crippen LogP contribution in [0.3, 0.4) is 0 Å². The molecule has 0 radical (unpaired) electrons. The Labute approximate surface area is 113 Å². The number of hydrogen-bond donors (Lipinski definition) is 4. The summed E-state index contributed by atoms with van der Waals surface area (Å²) in [7, 11) is 0. The van der Waals surface area contributed by atoms with Crippen molar-refractivity contribution in [1.82, 2.24) is 9.97 Å². The van der Waals surface area contributed by atoms with Crippen LogP contribution < -0.4 is 22.3 Å². The molecule has 1 heterocycles. The Morgan fingerprint density at radius 2 is 1.79 bits per heavy atom. The van der Waals surface area contributed by atoms with Gasteiger partial charge in [0, 0.05) is 11.0 Å². The van der Waals surface area contributed by atoms with Crippen molar-refractivity contribution in [1.29, 1.82) is 0 Å². The highest BCUT2D eigenvalue weighted by molar-refractivity contribution is 5.82. The highest BCUT2D eigenvalue weighted by Gasteiger charge is 2.22. The fourth-order valence-electron chi connectivity index (χ4n) is 1.41. The zero-order valence-corrected chi connectivity index (χ0v) is 12.0. The number of hydrazine groups is 1. The number of rotatable bonds is 4. The van der Waals surface area contributed by atoms with E-state index in [1.807, 2.05) is 27.7 Å². The van der Waals surface area contributed by atoms with Gasteiger partial charge in [0.1, 0.15) is 23.5 Å². The second-order valence-electron chi connectivity index (χ2n) is 5.53. The molecule has 106 valence electrons. The second kappa shape index (κ2) is 5.40. The molecule has 0 aromatic carbocycles. The van der Waals surface area contributed by atoms with Crippen LogP contribution >= 0.6 is 0 Å². The molecule has 0 saturated heterocycles. The van der Waals surface area contributed by atoms with Gasteiger partial charge in [0.05, 0.1) is 0 Å². The molecular weight excluding hydrogens is 244 g/mol. The third kappa shape index (κ3) is 3.54. The summed E-state index contributed by atoms with van der Waals surface area (Å²) in [6.07, 6.45) is 0. The number of nitrogens with two attached hydrogens (primary N) is 2. The summed E-state index contributed by atoms with van der Waals surface area (Å²) in [5.74, 6) is 6.73. The third-order valence-corrected chi connectivity index (χ3v) is 2.73. The molecule has 0 saturated carbocycles. The Bertz CT molecular complexity index is 480. The van der Waals surface area contributed by atoms with Crippen molar-refractivity contribution in [3.05, 3.63) is 11.4 Å². The number of primary amides is 1. The average Bonchev–Trinajstić information content (AvgIpc) is 2.29. The lowest BCUT2D eigenvalue weighted by Crippen LogP contribution is -2.33. The largest absolute Gasteiger partial charge is 0.368 e. The minimum atomic E-state index is -0.521. The zero-order valence-electron chi connectivity index (χ0n) is 12.0. The average molecular weight is 266 g/mol. The van der Waals surface area contributed by atoms with E-state index in [9.17, 15) is 4.79 Å². The molecule has 1 aromatic heterocycles. The van der Waals surface area contributed by atoms with Gasteiger partial charge in [-0.25, -0.2) is 15.8 Å². The molecule has 0 spiro atoms. The van der Waals surface area contributed by atoms with Crippen molar-refractivity contribution in [3.8, 4) is 0 Å². The Morgan fingerprint density at radius 1 is 1.26 bits per heavy atom. The molecule has 1 aromatic rings. The smallest absolute Gasteiger partial charge is 0.239 e. The lowest BCUT2D eigenvalue weighted by Gasteiger charge is -2.21. The lowest BCUT2D eigenvalue weighted by molar-refractivity contribution is -0.118. The zero-order chi connectivity index (χ0) is 14.8. The number of carbonyl (C=O) groups excluding carboxylic acids is 1. The molecule has 0 aliphatic heterocycles. The number of anilines is 2. The summed E-state index contributed by atoms with van der Waals surface area (Å²) in [5.41, 5.74) is 8.30. The summed E-state index contributed by atoms with van der Waals surface area (Å²) in [6.45, 7) is 9.49. The van der Waals surface area contributed by atoms with Crippen LogP contribution in [0.5, 0.6) is 0 Å². The number of nitrogens with one attached hydrogen (secondary N) is 2. The van der Waals surface area contributed by atoms with E-state index in [4.69, 9.17) is 11.6 Å². The van der Waals surface area contributed by atoms with Crippen molar-refractivity contribution >= 4 is 17.5 Å². The van der Waals surface area contributed by atoms with Crippen molar-refractivity contribution in [2.45, 2.75) is 46.1 Å². The van der Waals surface area contributed by atoms with E-state index in [0.29, 0.717) is 17.5 Å². The first-order chi connectivity index (χ1) is 8.66. The molecule has 1 rings (SSSR count). The van der Waals surface area contributed by atoms with Crippen molar-refractivity contribution < 1.29 is 4.79 Å². The fourth-order valence-corrected chi connectivity index (χ4v) is 1.41. The summed E-state index contributed by atoms with van der Waals surface area (Å²) in [4.78, 5) is 19.9. The number of amides is 1. The third-order valence-electron chi connectivity index (χ3n) is 2.73. The maximum atomic E-state index is 11.1. The quantitative estimate of drug-likeness (QED) is 0.469. The van der Waals surface area contributed by atoms with Crippen LogP contribution in [0.25, 0.3) is 0 Å². The Kier molecular flexibility index (Phi) is 4.31. The maximum absolute atomic E-state index is 11.1. The van der Waals surface area contributed by atoms with Crippen molar-refractivity contribution in [2.75, 3.05) is 10.7 Å². The van der Waals surface area contributed by atoms with E-state index >= 15 is 0 Å². The second-order valence-corrected chi connectivity index (χ2v) is 5.53. The predicted molar refractivity (Wildman–Crippen MR) is 75.6 cm³/mol. The maximum Gasteiger partial charge on any atom is 0.239 e. The van der Waals surface area contributed by atoms with E-state index in [-0.39, 0.29) is 5.41 Å². The van der Waals surface area contributed by atoms with Crippen molar-refractivity contribution in [2.24, 2.45) is 11.6 Å². The van der Waals surface area contributed by atoms with Gasteiger partial charge in [0.2, 0.25) is 5.91 Å². The molecule has 1 atom stereocenters. The SMILES string of the molecule is Cc1c(NN)nc(C(C)(C)C)nc1NC(C)C(N)=O. The summed E-state index contributed by atoms with van der Waals surface area (Å²) in [5, 5.41) is 2.98. The monoisotopic (exact) mass is 266 g/mol. The van der Waals surface area contributed by atoms with Crippen LogP contribution in [0.1, 0.15) is 39.1 Å². The van der Waals surface area contributed by atoms with Crippen LogP contribution in [-0.2, 0) is 10.2 Å². The molecule has 7 heteroatoms. The molecule has 0 fully saturated rings. The van der Waals surface area contributed by atoms with Gasteiger partial charge in [-0.2, -0.15) is 0 Å². The molecular formula is C12H22N6O. The number of carbonyl (C=O) groups is 1. The van der Waals surface area contributed by atoms with Crippen LogP contribution in [-0.4, -0.2) is 21.9 Å². The minimum Gasteiger partial charge on any atom is -0.368 e. The highest BCUT2D eigenvalue weighted by atomic mass is 16.1. The molecule has 1 amide bonds. The van der Waals surface area contributed by atoms with Crippen LogP contribution in [0, 0.1) is 6.92 Å². The number of nitrogen functional groups attached to an aromatic ring is 1. The Balaban J connectivity index is 3.26. The first-order valence-corrected chi connectivity index (χ1v) is 6.08. The van der Waals surface area contributed by atoms with E-state index in [1.165, 1.54) is 0 Å². The van der Waals surface area contributed by atoms with Gasteiger partial charge >= 0.3 is 0 Å². The molecule has 6 N–H and O–H groups in total. The lowest BCUT2D eigenvalue weighted by atomic mass is 9.95. The van der Waals surface area contributed by atoms with Gasteiger partial charge in [-0.15, -0.1) is 0 Å². The molecule has 1 unspecified atom stereocenters. The fraction of sp³-hybridized carbons (Fsp3) is 0.583. The van der Waals surface area contributed by atoms with Gasteiger partial charge in [0.25, 0.3) is 0 Å². The van der Waals surface area contributed by atoms with Crippen LogP contribution in [0.15, 0.2) is 0 Å². The molecule has 0 bridgehead atoms. The van der Waals surface area contributed by atoms with E-state index in [2.05, 4.69) is 20.7 Å². The van der Waals surface area contributed by atoms with Gasteiger partial charge in [-0.05, 0) is 13.8 Å². The van der Waals surface area contributed by atoms with E-state index in [1.54, 1.807) is 6.92 Å². The molecule has 7 nitrogen and oxygen atoms in total. The van der Waals surface area contributed by atoms with Crippen LogP contribution in [0.2, 0.25) is 0 Å². The minimum absolute atomic E-state index is 0.230. The Morgan fingerprint density at radius 3 is 2.21 bits per heavy atom. The first-order valence-electron chi connectivity index (χ1n) is 6.08.